The Labute approximate surface area is 135 Å². The maximum absolute atomic E-state index is 12.1. The van der Waals surface area contributed by atoms with E-state index in [2.05, 4.69) is 10.3 Å². The number of nitrogens with zero attached hydrogens (tertiary/aromatic N) is 1. The van der Waals surface area contributed by atoms with Crippen LogP contribution in [0.15, 0.2) is 28.7 Å². The van der Waals surface area contributed by atoms with E-state index in [0.29, 0.717) is 28.6 Å². The lowest BCUT2D eigenvalue weighted by Crippen LogP contribution is -2.15. The minimum atomic E-state index is -0.505. The van der Waals surface area contributed by atoms with Gasteiger partial charge in [-0.2, -0.15) is 0 Å². The normalized spacial score (nSPS) is 11.3. The molecule has 1 heterocycles. The SMILES string of the molecule is Cc1nc(C(C)(C)C)oc1CC(=O)Nc1ccc(C(N)=O)cc1. The minimum Gasteiger partial charge on any atom is -0.444 e. The molecule has 0 bridgehead atoms. The number of carbonyl (C=O) groups excluding carboxylic acids is 2. The van der Waals surface area contributed by atoms with Crippen LogP contribution in [-0.2, 0) is 16.6 Å². The van der Waals surface area contributed by atoms with E-state index in [1.54, 1.807) is 24.3 Å². The molecule has 6 nitrogen and oxygen atoms in total. The topological polar surface area (TPSA) is 98.2 Å². The fraction of sp³-hybridized carbons (Fsp3) is 0.353. The number of amides is 2. The molecular formula is C17H21N3O3. The maximum Gasteiger partial charge on any atom is 0.248 e. The Morgan fingerprint density at radius 3 is 2.30 bits per heavy atom. The van der Waals surface area contributed by atoms with E-state index in [4.69, 9.17) is 10.2 Å². The van der Waals surface area contributed by atoms with Gasteiger partial charge in [0.25, 0.3) is 0 Å². The Hall–Kier alpha value is -2.63. The fourth-order valence-electron chi connectivity index (χ4n) is 1.98. The first-order valence-corrected chi connectivity index (χ1v) is 7.33. The summed E-state index contributed by atoms with van der Waals surface area (Å²) in [5.41, 5.74) is 6.67. The van der Waals surface area contributed by atoms with Gasteiger partial charge in [-0.3, -0.25) is 9.59 Å². The van der Waals surface area contributed by atoms with Crippen molar-refractivity contribution < 1.29 is 14.0 Å². The molecule has 1 aromatic heterocycles. The average Bonchev–Trinajstić information content (AvgIpc) is 2.80. The van der Waals surface area contributed by atoms with E-state index in [-0.39, 0.29) is 17.7 Å². The molecule has 0 unspecified atom stereocenters. The Bertz CT molecular complexity index is 725. The number of hydrogen-bond acceptors (Lipinski definition) is 4. The molecule has 0 spiro atoms. The van der Waals surface area contributed by atoms with Crippen molar-refractivity contribution in [2.75, 3.05) is 5.32 Å². The summed E-state index contributed by atoms with van der Waals surface area (Å²) in [5, 5.41) is 2.75. The molecule has 0 aliphatic carbocycles. The van der Waals surface area contributed by atoms with Crippen LogP contribution in [0.25, 0.3) is 0 Å². The highest BCUT2D eigenvalue weighted by atomic mass is 16.4. The number of nitrogens with two attached hydrogens (primary N) is 1. The zero-order valence-corrected chi connectivity index (χ0v) is 13.8. The second kappa shape index (κ2) is 6.24. The van der Waals surface area contributed by atoms with Gasteiger partial charge < -0.3 is 15.5 Å². The molecule has 0 radical (unpaired) electrons. The van der Waals surface area contributed by atoms with Crippen LogP contribution >= 0.6 is 0 Å². The van der Waals surface area contributed by atoms with Gasteiger partial charge in [0.2, 0.25) is 11.8 Å². The van der Waals surface area contributed by atoms with Crippen molar-refractivity contribution in [1.29, 1.82) is 0 Å². The van der Waals surface area contributed by atoms with Gasteiger partial charge in [-0.05, 0) is 31.2 Å². The van der Waals surface area contributed by atoms with E-state index < -0.39 is 5.91 Å². The minimum absolute atomic E-state index is 0.104. The first-order valence-electron chi connectivity index (χ1n) is 7.33. The number of primary amides is 1. The van der Waals surface area contributed by atoms with Gasteiger partial charge in [0, 0.05) is 16.7 Å². The predicted molar refractivity (Wildman–Crippen MR) is 87.2 cm³/mol. The van der Waals surface area contributed by atoms with E-state index in [0.717, 1.165) is 0 Å². The number of hydrogen-bond donors (Lipinski definition) is 2. The van der Waals surface area contributed by atoms with E-state index in [1.165, 1.54) is 0 Å². The molecule has 0 atom stereocenters. The van der Waals surface area contributed by atoms with Crippen LogP contribution in [0.2, 0.25) is 0 Å². The number of oxazole rings is 1. The third-order valence-electron chi connectivity index (χ3n) is 3.31. The molecule has 2 rings (SSSR count). The Morgan fingerprint density at radius 2 is 1.83 bits per heavy atom. The second-order valence-electron chi connectivity index (χ2n) is 6.44. The lowest BCUT2D eigenvalue weighted by atomic mass is 9.97. The molecule has 0 aliphatic rings. The Morgan fingerprint density at radius 1 is 1.22 bits per heavy atom. The number of benzene rings is 1. The average molecular weight is 315 g/mol. The van der Waals surface area contributed by atoms with E-state index in [9.17, 15) is 9.59 Å². The van der Waals surface area contributed by atoms with Crippen molar-refractivity contribution in [1.82, 2.24) is 4.98 Å². The van der Waals surface area contributed by atoms with Crippen molar-refractivity contribution in [2.24, 2.45) is 5.73 Å². The lowest BCUT2D eigenvalue weighted by Gasteiger charge is -2.12. The van der Waals surface area contributed by atoms with E-state index >= 15 is 0 Å². The molecule has 0 aliphatic heterocycles. The van der Waals surface area contributed by atoms with Crippen LogP contribution in [-0.4, -0.2) is 16.8 Å². The largest absolute Gasteiger partial charge is 0.444 e. The molecule has 1 aromatic carbocycles. The summed E-state index contributed by atoms with van der Waals surface area (Å²) in [5.74, 6) is 0.455. The monoisotopic (exact) mass is 315 g/mol. The first kappa shape index (κ1) is 16.7. The van der Waals surface area contributed by atoms with Crippen LogP contribution in [0.3, 0.4) is 0 Å². The van der Waals surface area contributed by atoms with Gasteiger partial charge in [-0.15, -0.1) is 0 Å². The summed E-state index contributed by atoms with van der Waals surface area (Å²) in [6.45, 7) is 7.83. The number of carbonyl (C=O) groups is 2. The van der Waals surface area contributed by atoms with Crippen molar-refractivity contribution in [3.63, 3.8) is 0 Å². The van der Waals surface area contributed by atoms with Gasteiger partial charge in [0.1, 0.15) is 5.76 Å². The highest BCUT2D eigenvalue weighted by Crippen LogP contribution is 2.24. The molecule has 122 valence electrons. The smallest absolute Gasteiger partial charge is 0.248 e. The maximum atomic E-state index is 12.1. The molecule has 6 heteroatoms. The second-order valence-corrected chi connectivity index (χ2v) is 6.44. The molecule has 0 saturated heterocycles. The number of aryl methyl sites for hydroxylation is 1. The quantitative estimate of drug-likeness (QED) is 0.905. The zero-order valence-electron chi connectivity index (χ0n) is 13.8. The lowest BCUT2D eigenvalue weighted by molar-refractivity contribution is -0.115. The molecule has 0 saturated carbocycles. The van der Waals surface area contributed by atoms with Crippen molar-refractivity contribution in [3.05, 3.63) is 47.2 Å². The van der Waals surface area contributed by atoms with Gasteiger partial charge in [0.15, 0.2) is 5.89 Å². The van der Waals surface area contributed by atoms with Crippen molar-refractivity contribution in [2.45, 2.75) is 39.5 Å². The predicted octanol–water partition coefficient (Wildman–Crippen LogP) is 2.56. The Kier molecular flexibility index (Phi) is 4.54. The molecule has 2 amide bonds. The van der Waals surface area contributed by atoms with E-state index in [1.807, 2.05) is 27.7 Å². The number of nitrogens with one attached hydrogen (secondary N) is 1. The van der Waals surface area contributed by atoms with Gasteiger partial charge >= 0.3 is 0 Å². The molecule has 0 fully saturated rings. The summed E-state index contributed by atoms with van der Waals surface area (Å²) >= 11 is 0. The molecule has 2 aromatic rings. The summed E-state index contributed by atoms with van der Waals surface area (Å²) < 4.78 is 5.70. The summed E-state index contributed by atoms with van der Waals surface area (Å²) in [7, 11) is 0. The van der Waals surface area contributed by atoms with Gasteiger partial charge in [0.05, 0.1) is 12.1 Å². The van der Waals surface area contributed by atoms with Crippen LogP contribution in [0.1, 0.15) is 48.5 Å². The van der Waals surface area contributed by atoms with Crippen LogP contribution in [0.5, 0.6) is 0 Å². The van der Waals surface area contributed by atoms with Crippen molar-refractivity contribution >= 4 is 17.5 Å². The van der Waals surface area contributed by atoms with Gasteiger partial charge in [-0.1, -0.05) is 20.8 Å². The number of aromatic nitrogens is 1. The molecule has 3 N–H and O–H groups in total. The summed E-state index contributed by atoms with van der Waals surface area (Å²) in [6, 6.07) is 6.39. The Balaban J connectivity index is 2.05. The van der Waals surface area contributed by atoms with Crippen LogP contribution < -0.4 is 11.1 Å². The van der Waals surface area contributed by atoms with Crippen molar-refractivity contribution in [3.8, 4) is 0 Å². The standard InChI is InChI=1S/C17H21N3O3/c1-10-13(23-16(19-10)17(2,3)4)9-14(21)20-12-7-5-11(6-8-12)15(18)22/h5-8H,9H2,1-4H3,(H2,18,22)(H,20,21). The number of anilines is 1. The fourth-order valence-corrected chi connectivity index (χ4v) is 1.98. The summed E-state index contributed by atoms with van der Waals surface area (Å²) in [6.07, 6.45) is 0.104. The van der Waals surface area contributed by atoms with Crippen LogP contribution in [0, 0.1) is 6.92 Å². The summed E-state index contributed by atoms with van der Waals surface area (Å²) in [4.78, 5) is 27.5. The highest BCUT2D eigenvalue weighted by molar-refractivity contribution is 5.95. The van der Waals surface area contributed by atoms with Gasteiger partial charge in [-0.25, -0.2) is 4.98 Å². The first-order chi connectivity index (χ1) is 10.7. The highest BCUT2D eigenvalue weighted by Gasteiger charge is 2.23. The number of rotatable bonds is 4. The zero-order chi connectivity index (χ0) is 17.2. The van der Waals surface area contributed by atoms with Crippen LogP contribution in [0.4, 0.5) is 5.69 Å². The third kappa shape index (κ3) is 4.18. The molecule has 23 heavy (non-hydrogen) atoms. The third-order valence-corrected chi connectivity index (χ3v) is 3.31. The molecular weight excluding hydrogens is 294 g/mol.